The molecule has 0 saturated heterocycles. The summed E-state index contributed by atoms with van der Waals surface area (Å²) in [7, 11) is 3.23. The highest BCUT2D eigenvalue weighted by Crippen LogP contribution is 2.18. The standard InChI is InChI=1S/C15H24N2O3/c1-11(17-15(18)13(16)8-9-19-2)10-12-6-4-5-7-14(12)20-3/h4-7,11,13H,8-10,16H2,1-3H3,(H,17,18). The highest BCUT2D eigenvalue weighted by molar-refractivity contribution is 5.81. The zero-order valence-electron chi connectivity index (χ0n) is 12.4. The van der Waals surface area contributed by atoms with Crippen LogP contribution in [0.3, 0.4) is 0 Å². The summed E-state index contributed by atoms with van der Waals surface area (Å²) in [5.41, 5.74) is 6.85. The van der Waals surface area contributed by atoms with E-state index < -0.39 is 6.04 Å². The van der Waals surface area contributed by atoms with Gasteiger partial charge in [0.25, 0.3) is 0 Å². The van der Waals surface area contributed by atoms with Crippen LogP contribution >= 0.6 is 0 Å². The Labute approximate surface area is 120 Å². The van der Waals surface area contributed by atoms with Gasteiger partial charge in [0.1, 0.15) is 5.75 Å². The lowest BCUT2D eigenvalue weighted by molar-refractivity contribution is -0.123. The molecule has 0 fully saturated rings. The Balaban J connectivity index is 2.50. The molecule has 112 valence electrons. The number of hydrogen-bond acceptors (Lipinski definition) is 4. The molecule has 5 heteroatoms. The predicted octanol–water partition coefficient (Wildman–Crippen LogP) is 1.11. The molecule has 0 spiro atoms. The number of benzene rings is 1. The van der Waals surface area contributed by atoms with Crippen LogP contribution in [0.25, 0.3) is 0 Å². The molecule has 0 aliphatic carbocycles. The predicted molar refractivity (Wildman–Crippen MR) is 78.8 cm³/mol. The minimum absolute atomic E-state index is 0.00704. The van der Waals surface area contributed by atoms with Gasteiger partial charge >= 0.3 is 0 Å². The van der Waals surface area contributed by atoms with Gasteiger partial charge in [-0.05, 0) is 31.4 Å². The van der Waals surface area contributed by atoms with Gasteiger partial charge in [-0.1, -0.05) is 18.2 Å². The second-order valence-electron chi connectivity index (χ2n) is 4.81. The molecule has 3 N–H and O–H groups in total. The van der Waals surface area contributed by atoms with E-state index in [9.17, 15) is 4.79 Å². The number of ether oxygens (including phenoxy) is 2. The summed E-state index contributed by atoms with van der Waals surface area (Å²) >= 11 is 0. The van der Waals surface area contributed by atoms with Crippen molar-refractivity contribution in [2.45, 2.75) is 31.8 Å². The van der Waals surface area contributed by atoms with Gasteiger partial charge in [-0.25, -0.2) is 0 Å². The van der Waals surface area contributed by atoms with Crippen LogP contribution in [0.2, 0.25) is 0 Å². The highest BCUT2D eigenvalue weighted by Gasteiger charge is 2.16. The molecule has 0 aliphatic heterocycles. The van der Waals surface area contributed by atoms with E-state index in [2.05, 4.69) is 5.32 Å². The average Bonchev–Trinajstić information content (AvgIpc) is 2.45. The summed E-state index contributed by atoms with van der Waals surface area (Å²) in [5.74, 6) is 0.682. The number of nitrogens with two attached hydrogens (primary N) is 1. The summed E-state index contributed by atoms with van der Waals surface area (Å²) in [6, 6.07) is 7.24. The SMILES string of the molecule is COCCC(N)C(=O)NC(C)Cc1ccccc1OC. The Morgan fingerprint density at radius 1 is 1.35 bits per heavy atom. The van der Waals surface area contributed by atoms with Crippen molar-refractivity contribution < 1.29 is 14.3 Å². The van der Waals surface area contributed by atoms with Crippen molar-refractivity contribution >= 4 is 5.91 Å². The fraction of sp³-hybridized carbons (Fsp3) is 0.533. The second-order valence-corrected chi connectivity index (χ2v) is 4.81. The first-order valence-electron chi connectivity index (χ1n) is 6.75. The van der Waals surface area contributed by atoms with Gasteiger partial charge in [0.05, 0.1) is 13.2 Å². The average molecular weight is 280 g/mol. The number of hydrogen-bond donors (Lipinski definition) is 2. The number of methoxy groups -OCH3 is 2. The minimum atomic E-state index is -0.532. The largest absolute Gasteiger partial charge is 0.496 e. The monoisotopic (exact) mass is 280 g/mol. The van der Waals surface area contributed by atoms with Crippen molar-refractivity contribution in [1.29, 1.82) is 0 Å². The summed E-state index contributed by atoms with van der Waals surface area (Å²) in [6.45, 7) is 2.43. The van der Waals surface area contributed by atoms with Crippen LogP contribution in [0.4, 0.5) is 0 Å². The number of carbonyl (C=O) groups is 1. The van der Waals surface area contributed by atoms with Crippen molar-refractivity contribution in [3.63, 3.8) is 0 Å². The van der Waals surface area contributed by atoms with Crippen LogP contribution in [0.1, 0.15) is 18.9 Å². The van der Waals surface area contributed by atoms with Crippen LogP contribution in [-0.4, -0.2) is 38.8 Å². The zero-order chi connectivity index (χ0) is 15.0. The Hall–Kier alpha value is -1.59. The molecule has 0 aliphatic rings. The molecule has 0 radical (unpaired) electrons. The van der Waals surface area contributed by atoms with E-state index in [0.29, 0.717) is 19.4 Å². The fourth-order valence-corrected chi connectivity index (χ4v) is 1.98. The smallest absolute Gasteiger partial charge is 0.237 e. The molecule has 1 rings (SSSR count). The first-order valence-corrected chi connectivity index (χ1v) is 6.75. The topological polar surface area (TPSA) is 73.6 Å². The van der Waals surface area contributed by atoms with Crippen molar-refractivity contribution in [2.75, 3.05) is 20.8 Å². The molecule has 1 aromatic carbocycles. The van der Waals surface area contributed by atoms with Crippen LogP contribution in [0.5, 0.6) is 5.75 Å². The van der Waals surface area contributed by atoms with E-state index in [4.69, 9.17) is 15.2 Å². The van der Waals surface area contributed by atoms with E-state index in [1.54, 1.807) is 14.2 Å². The molecule has 5 nitrogen and oxygen atoms in total. The molecule has 0 saturated carbocycles. The van der Waals surface area contributed by atoms with Crippen molar-refractivity contribution in [2.24, 2.45) is 5.73 Å². The lowest BCUT2D eigenvalue weighted by Crippen LogP contribution is -2.45. The number of para-hydroxylation sites is 1. The van der Waals surface area contributed by atoms with Gasteiger partial charge in [-0.3, -0.25) is 4.79 Å². The van der Waals surface area contributed by atoms with Crippen molar-refractivity contribution in [1.82, 2.24) is 5.32 Å². The van der Waals surface area contributed by atoms with Gasteiger partial charge < -0.3 is 20.5 Å². The van der Waals surface area contributed by atoms with Crippen LogP contribution < -0.4 is 15.8 Å². The third-order valence-electron chi connectivity index (χ3n) is 3.08. The van der Waals surface area contributed by atoms with Gasteiger partial charge in [-0.2, -0.15) is 0 Å². The number of nitrogens with one attached hydrogen (secondary N) is 1. The van der Waals surface area contributed by atoms with E-state index in [1.165, 1.54) is 0 Å². The Kier molecular flexibility index (Phi) is 7.04. The molecular weight excluding hydrogens is 256 g/mol. The van der Waals surface area contributed by atoms with E-state index in [1.807, 2.05) is 31.2 Å². The molecule has 1 amide bonds. The fourth-order valence-electron chi connectivity index (χ4n) is 1.98. The zero-order valence-corrected chi connectivity index (χ0v) is 12.4. The highest BCUT2D eigenvalue weighted by atomic mass is 16.5. The first kappa shape index (κ1) is 16.5. The van der Waals surface area contributed by atoms with Crippen LogP contribution in [0.15, 0.2) is 24.3 Å². The molecule has 0 heterocycles. The van der Waals surface area contributed by atoms with Gasteiger partial charge in [0.2, 0.25) is 5.91 Å². The number of rotatable bonds is 8. The van der Waals surface area contributed by atoms with Crippen molar-refractivity contribution in [3.8, 4) is 5.75 Å². The number of amides is 1. The lowest BCUT2D eigenvalue weighted by atomic mass is 10.1. The van der Waals surface area contributed by atoms with Gasteiger partial charge in [0.15, 0.2) is 0 Å². The Morgan fingerprint density at radius 3 is 2.70 bits per heavy atom. The molecule has 1 aromatic rings. The quantitative estimate of drug-likeness (QED) is 0.748. The minimum Gasteiger partial charge on any atom is -0.496 e. The Bertz CT molecular complexity index is 423. The maximum absolute atomic E-state index is 11.9. The third-order valence-corrected chi connectivity index (χ3v) is 3.08. The van der Waals surface area contributed by atoms with Crippen molar-refractivity contribution in [3.05, 3.63) is 29.8 Å². The Morgan fingerprint density at radius 2 is 2.05 bits per heavy atom. The lowest BCUT2D eigenvalue weighted by Gasteiger charge is -2.18. The van der Waals surface area contributed by atoms with Gasteiger partial charge in [-0.15, -0.1) is 0 Å². The normalized spacial score (nSPS) is 13.6. The van der Waals surface area contributed by atoms with Gasteiger partial charge in [0, 0.05) is 19.8 Å². The summed E-state index contributed by atoms with van der Waals surface area (Å²) in [5, 5.41) is 2.91. The summed E-state index contributed by atoms with van der Waals surface area (Å²) in [4.78, 5) is 11.9. The summed E-state index contributed by atoms with van der Waals surface area (Å²) < 4.78 is 10.2. The molecule has 2 unspecified atom stereocenters. The molecule has 0 aromatic heterocycles. The van der Waals surface area contributed by atoms with Crippen LogP contribution in [0, 0.1) is 0 Å². The van der Waals surface area contributed by atoms with E-state index in [-0.39, 0.29) is 11.9 Å². The maximum atomic E-state index is 11.9. The number of carbonyl (C=O) groups excluding carboxylic acids is 1. The molecule has 0 bridgehead atoms. The van der Waals surface area contributed by atoms with Crippen LogP contribution in [-0.2, 0) is 16.0 Å². The molecular formula is C15H24N2O3. The third kappa shape index (κ3) is 5.19. The van der Waals surface area contributed by atoms with E-state index in [0.717, 1.165) is 11.3 Å². The summed E-state index contributed by atoms with van der Waals surface area (Å²) in [6.07, 6.45) is 1.22. The molecule has 20 heavy (non-hydrogen) atoms. The van der Waals surface area contributed by atoms with E-state index >= 15 is 0 Å². The maximum Gasteiger partial charge on any atom is 0.237 e. The molecule has 2 atom stereocenters. The second kappa shape index (κ2) is 8.55. The first-order chi connectivity index (χ1) is 9.58.